The molecular formula is C49H30N2O2. The SMILES string of the molecule is c1ccc(-c2cccc(N(c3ccc4oc5ccccc5c4c3)c3cc4ccccc4c4c3ccc3ccc5nc(-c6ccccc6)oc5c34)c2)cc1. The first kappa shape index (κ1) is 29.5. The Kier molecular flexibility index (Phi) is 6.52. The van der Waals surface area contributed by atoms with Gasteiger partial charge in [0.25, 0.3) is 0 Å². The van der Waals surface area contributed by atoms with Crippen LogP contribution in [0.1, 0.15) is 0 Å². The molecular weight excluding hydrogens is 649 g/mol. The summed E-state index contributed by atoms with van der Waals surface area (Å²) < 4.78 is 13.0. The zero-order chi connectivity index (χ0) is 34.9. The summed E-state index contributed by atoms with van der Waals surface area (Å²) in [4.78, 5) is 7.37. The van der Waals surface area contributed by atoms with E-state index in [4.69, 9.17) is 13.8 Å². The number of anilines is 3. The van der Waals surface area contributed by atoms with Gasteiger partial charge in [0.2, 0.25) is 5.89 Å². The van der Waals surface area contributed by atoms with Gasteiger partial charge in [-0.15, -0.1) is 0 Å². The molecule has 53 heavy (non-hydrogen) atoms. The monoisotopic (exact) mass is 678 g/mol. The first-order valence-corrected chi connectivity index (χ1v) is 17.9. The van der Waals surface area contributed by atoms with E-state index in [0.29, 0.717) is 5.89 Å². The molecule has 0 aliphatic heterocycles. The van der Waals surface area contributed by atoms with Crippen molar-refractivity contribution in [2.45, 2.75) is 0 Å². The van der Waals surface area contributed by atoms with Gasteiger partial charge in [0.15, 0.2) is 5.58 Å². The molecule has 0 N–H and O–H groups in total. The maximum absolute atomic E-state index is 6.70. The van der Waals surface area contributed by atoms with Crippen LogP contribution in [0.2, 0.25) is 0 Å². The lowest BCUT2D eigenvalue weighted by atomic mass is 9.93. The van der Waals surface area contributed by atoms with E-state index in [2.05, 4.69) is 144 Å². The average Bonchev–Trinajstić information content (AvgIpc) is 3.84. The molecule has 0 radical (unpaired) electrons. The highest BCUT2D eigenvalue weighted by Gasteiger charge is 2.22. The van der Waals surface area contributed by atoms with Crippen molar-refractivity contribution in [2.24, 2.45) is 0 Å². The molecule has 0 aliphatic rings. The first-order valence-electron chi connectivity index (χ1n) is 17.9. The highest BCUT2D eigenvalue weighted by Crippen LogP contribution is 2.47. The molecule has 0 spiro atoms. The van der Waals surface area contributed by atoms with E-state index in [-0.39, 0.29) is 0 Å². The Labute approximate surface area is 304 Å². The van der Waals surface area contributed by atoms with Crippen molar-refractivity contribution in [2.75, 3.05) is 4.90 Å². The second-order valence-electron chi connectivity index (χ2n) is 13.5. The Bertz CT molecular complexity index is 3180. The van der Waals surface area contributed by atoms with Crippen LogP contribution in [0.5, 0.6) is 0 Å². The average molecular weight is 679 g/mol. The summed E-state index contributed by atoms with van der Waals surface area (Å²) >= 11 is 0. The molecule has 2 heterocycles. The lowest BCUT2D eigenvalue weighted by molar-refractivity contribution is 0.623. The van der Waals surface area contributed by atoms with Crippen LogP contribution in [0.4, 0.5) is 17.1 Å². The van der Waals surface area contributed by atoms with Gasteiger partial charge in [0.1, 0.15) is 16.7 Å². The highest BCUT2D eigenvalue weighted by atomic mass is 16.3. The highest BCUT2D eigenvalue weighted by molar-refractivity contribution is 6.29. The van der Waals surface area contributed by atoms with E-state index < -0.39 is 0 Å². The molecule has 11 rings (SSSR count). The van der Waals surface area contributed by atoms with Crippen LogP contribution in [0.15, 0.2) is 191 Å². The van der Waals surface area contributed by atoms with Gasteiger partial charge in [-0.1, -0.05) is 121 Å². The zero-order valence-corrected chi connectivity index (χ0v) is 28.5. The number of oxazole rings is 1. The number of hydrogen-bond acceptors (Lipinski definition) is 4. The summed E-state index contributed by atoms with van der Waals surface area (Å²) in [7, 11) is 0. The summed E-state index contributed by atoms with van der Waals surface area (Å²) in [6, 6.07) is 64.0. The van der Waals surface area contributed by atoms with Crippen LogP contribution in [0, 0.1) is 0 Å². The summed E-state index contributed by atoms with van der Waals surface area (Å²) in [6.07, 6.45) is 0. The number of benzene rings is 9. The molecule has 0 amide bonds. The third-order valence-corrected chi connectivity index (χ3v) is 10.4. The van der Waals surface area contributed by atoms with Crippen LogP contribution in [0.25, 0.3) is 87.9 Å². The molecule has 0 fully saturated rings. The van der Waals surface area contributed by atoms with Gasteiger partial charge in [0, 0.05) is 43.9 Å². The number of fused-ring (bicyclic) bond motifs is 10. The minimum atomic E-state index is 0.616. The fraction of sp³-hybridized carbons (Fsp3) is 0. The van der Waals surface area contributed by atoms with E-state index >= 15 is 0 Å². The van der Waals surface area contributed by atoms with Gasteiger partial charge in [0.05, 0.1) is 5.69 Å². The van der Waals surface area contributed by atoms with Crippen molar-refractivity contribution >= 4 is 82.4 Å². The Morgan fingerprint density at radius 1 is 0.396 bits per heavy atom. The summed E-state index contributed by atoms with van der Waals surface area (Å²) in [5.74, 6) is 0.616. The van der Waals surface area contributed by atoms with Gasteiger partial charge < -0.3 is 13.7 Å². The maximum Gasteiger partial charge on any atom is 0.227 e. The molecule has 4 nitrogen and oxygen atoms in total. The van der Waals surface area contributed by atoms with E-state index in [9.17, 15) is 0 Å². The molecule has 4 heteroatoms. The van der Waals surface area contributed by atoms with Crippen molar-refractivity contribution in [1.82, 2.24) is 4.98 Å². The molecule has 0 saturated heterocycles. The molecule has 11 aromatic rings. The Morgan fingerprint density at radius 2 is 1.09 bits per heavy atom. The molecule has 0 saturated carbocycles. The number of rotatable bonds is 5. The standard InChI is InChI=1S/C49H30N2O2/c1-3-12-31(13-4-1)34-17-11-18-36(28-34)51(37-24-27-45-41(30-37)39-20-9-10-21-44(39)52-45)43-29-35-16-7-8-19-38(35)47-40(43)25-22-32-23-26-42-48(46(32)47)53-49(50-42)33-14-5-2-6-15-33/h1-30H. The van der Waals surface area contributed by atoms with Crippen LogP contribution in [-0.4, -0.2) is 4.98 Å². The lowest BCUT2D eigenvalue weighted by Crippen LogP contribution is -2.11. The fourth-order valence-corrected chi connectivity index (χ4v) is 7.99. The van der Waals surface area contributed by atoms with Gasteiger partial charge in [-0.3, -0.25) is 0 Å². The van der Waals surface area contributed by atoms with Crippen molar-refractivity contribution < 1.29 is 8.83 Å². The summed E-state index contributed by atoms with van der Waals surface area (Å²) in [5, 5.41) is 8.89. The van der Waals surface area contributed by atoms with Crippen molar-refractivity contribution in [1.29, 1.82) is 0 Å². The smallest absolute Gasteiger partial charge is 0.227 e. The number of aromatic nitrogens is 1. The van der Waals surface area contributed by atoms with E-state index in [0.717, 1.165) is 93.5 Å². The van der Waals surface area contributed by atoms with Gasteiger partial charge in [-0.05, 0) is 87.9 Å². The molecule has 2 aromatic heterocycles. The van der Waals surface area contributed by atoms with Gasteiger partial charge >= 0.3 is 0 Å². The second kappa shape index (κ2) is 11.7. The number of para-hydroxylation sites is 1. The van der Waals surface area contributed by atoms with Gasteiger partial charge in [-0.2, -0.15) is 0 Å². The third-order valence-electron chi connectivity index (χ3n) is 10.4. The molecule has 0 unspecified atom stereocenters. The van der Waals surface area contributed by atoms with Crippen molar-refractivity contribution in [3.05, 3.63) is 182 Å². The molecule has 0 bridgehead atoms. The Morgan fingerprint density at radius 3 is 1.96 bits per heavy atom. The van der Waals surface area contributed by atoms with Crippen LogP contribution in [0.3, 0.4) is 0 Å². The fourth-order valence-electron chi connectivity index (χ4n) is 7.99. The van der Waals surface area contributed by atoms with E-state index in [1.807, 2.05) is 42.5 Å². The Hall–Kier alpha value is -7.17. The Balaban J connectivity index is 1.24. The molecule has 0 atom stereocenters. The summed E-state index contributed by atoms with van der Waals surface area (Å²) in [6.45, 7) is 0. The predicted molar refractivity (Wildman–Crippen MR) is 219 cm³/mol. The predicted octanol–water partition coefficient (Wildman–Crippen LogP) is 14.0. The first-order chi connectivity index (χ1) is 26.3. The lowest BCUT2D eigenvalue weighted by Gasteiger charge is -2.28. The van der Waals surface area contributed by atoms with E-state index in [1.165, 1.54) is 5.56 Å². The third kappa shape index (κ3) is 4.73. The normalized spacial score (nSPS) is 11.8. The molecule has 0 aliphatic carbocycles. The van der Waals surface area contributed by atoms with Crippen LogP contribution < -0.4 is 4.90 Å². The number of hydrogen-bond donors (Lipinski definition) is 0. The second-order valence-corrected chi connectivity index (χ2v) is 13.5. The summed E-state index contributed by atoms with van der Waals surface area (Å²) in [5.41, 5.74) is 9.80. The quantitative estimate of drug-likeness (QED) is 0.170. The topological polar surface area (TPSA) is 42.4 Å². The minimum absolute atomic E-state index is 0.616. The number of nitrogens with zero attached hydrogens (tertiary/aromatic N) is 2. The number of furan rings is 1. The largest absolute Gasteiger partial charge is 0.456 e. The molecule has 248 valence electrons. The van der Waals surface area contributed by atoms with Crippen LogP contribution in [-0.2, 0) is 0 Å². The maximum atomic E-state index is 6.70. The molecule has 9 aromatic carbocycles. The van der Waals surface area contributed by atoms with Crippen molar-refractivity contribution in [3.8, 4) is 22.6 Å². The van der Waals surface area contributed by atoms with Gasteiger partial charge in [-0.25, -0.2) is 4.98 Å². The minimum Gasteiger partial charge on any atom is -0.456 e. The van der Waals surface area contributed by atoms with Crippen LogP contribution >= 0.6 is 0 Å². The zero-order valence-electron chi connectivity index (χ0n) is 28.5. The van der Waals surface area contributed by atoms with E-state index in [1.54, 1.807) is 0 Å². The van der Waals surface area contributed by atoms with Crippen molar-refractivity contribution in [3.63, 3.8) is 0 Å².